The molecule has 1 aromatic carbocycles. The van der Waals surface area contributed by atoms with E-state index in [1.54, 1.807) is 12.1 Å². The first kappa shape index (κ1) is 25.6. The van der Waals surface area contributed by atoms with Crippen LogP contribution in [0.2, 0.25) is 0 Å². The third kappa shape index (κ3) is 9.84. The molecule has 8 nitrogen and oxygen atoms in total. The van der Waals surface area contributed by atoms with Crippen LogP contribution in [0.4, 0.5) is 5.69 Å². The van der Waals surface area contributed by atoms with E-state index in [9.17, 15) is 19.5 Å². The first-order valence-electron chi connectivity index (χ1n) is 10.6. The fraction of sp³-hybridized carbons (Fsp3) is 0.591. The number of carboxylic acids is 1. The van der Waals surface area contributed by atoms with Gasteiger partial charge in [-0.25, -0.2) is 0 Å². The molecule has 0 saturated carbocycles. The van der Waals surface area contributed by atoms with E-state index in [4.69, 9.17) is 5.73 Å². The standard InChI is InChI=1S/C22H36N4O4/c1-15(2)14-19(21(28)25-17-10-6-4-7-11-17)26-20(27)18(12-8-5-9-13-23)24-16(3)22(29)30/h4,6-7,10-11,15-16,18-19,24H,5,8-9,12-14,23H2,1-3H3,(H,25,28)(H,26,27)(H,29,30)/t16-,18+,19+/m1/s1. The molecule has 0 spiro atoms. The van der Waals surface area contributed by atoms with Gasteiger partial charge in [-0.1, -0.05) is 44.9 Å². The van der Waals surface area contributed by atoms with Crippen molar-refractivity contribution in [2.45, 2.75) is 71.0 Å². The summed E-state index contributed by atoms with van der Waals surface area (Å²) in [5, 5.41) is 17.7. The van der Waals surface area contributed by atoms with E-state index in [0.29, 0.717) is 25.1 Å². The molecule has 1 aromatic rings. The van der Waals surface area contributed by atoms with Crippen molar-refractivity contribution in [3.05, 3.63) is 30.3 Å². The van der Waals surface area contributed by atoms with E-state index in [1.807, 2.05) is 32.0 Å². The van der Waals surface area contributed by atoms with E-state index in [1.165, 1.54) is 6.92 Å². The third-order valence-corrected chi connectivity index (χ3v) is 4.72. The van der Waals surface area contributed by atoms with Gasteiger partial charge >= 0.3 is 5.97 Å². The Labute approximate surface area is 179 Å². The maximum absolute atomic E-state index is 12.9. The second-order valence-corrected chi connectivity index (χ2v) is 7.96. The van der Waals surface area contributed by atoms with Gasteiger partial charge in [0, 0.05) is 5.69 Å². The summed E-state index contributed by atoms with van der Waals surface area (Å²) >= 11 is 0. The normalized spacial score (nSPS) is 14.0. The van der Waals surface area contributed by atoms with Crippen LogP contribution in [0.5, 0.6) is 0 Å². The second kappa shape index (κ2) is 13.7. The number of benzene rings is 1. The molecule has 0 aliphatic rings. The maximum Gasteiger partial charge on any atom is 0.320 e. The molecule has 0 bridgehead atoms. The van der Waals surface area contributed by atoms with Crippen molar-refractivity contribution in [3.8, 4) is 0 Å². The lowest BCUT2D eigenvalue weighted by molar-refractivity contribution is -0.139. The van der Waals surface area contributed by atoms with Gasteiger partial charge in [0.05, 0.1) is 6.04 Å². The molecule has 6 N–H and O–H groups in total. The van der Waals surface area contributed by atoms with Gasteiger partial charge in [0.1, 0.15) is 12.1 Å². The zero-order valence-electron chi connectivity index (χ0n) is 18.2. The van der Waals surface area contributed by atoms with E-state index in [0.717, 1.165) is 19.3 Å². The van der Waals surface area contributed by atoms with Crippen LogP contribution in [0.15, 0.2) is 30.3 Å². The van der Waals surface area contributed by atoms with E-state index >= 15 is 0 Å². The Hall–Kier alpha value is -2.45. The fourth-order valence-corrected chi connectivity index (χ4v) is 3.06. The maximum atomic E-state index is 12.9. The van der Waals surface area contributed by atoms with Gasteiger partial charge in [-0.15, -0.1) is 0 Å². The van der Waals surface area contributed by atoms with E-state index in [-0.39, 0.29) is 17.7 Å². The summed E-state index contributed by atoms with van der Waals surface area (Å²) in [6.07, 6.45) is 3.38. The molecular weight excluding hydrogens is 384 g/mol. The summed E-state index contributed by atoms with van der Waals surface area (Å²) in [7, 11) is 0. The summed E-state index contributed by atoms with van der Waals surface area (Å²) in [6.45, 7) is 6.02. The highest BCUT2D eigenvalue weighted by Crippen LogP contribution is 2.12. The molecule has 8 heteroatoms. The smallest absolute Gasteiger partial charge is 0.320 e. The number of aliphatic carboxylic acids is 1. The number of unbranched alkanes of at least 4 members (excludes halogenated alkanes) is 2. The zero-order valence-corrected chi connectivity index (χ0v) is 18.2. The largest absolute Gasteiger partial charge is 0.480 e. The lowest BCUT2D eigenvalue weighted by atomic mass is 10.0. The van der Waals surface area contributed by atoms with Gasteiger partial charge in [0.15, 0.2) is 0 Å². The minimum atomic E-state index is -1.03. The Bertz CT molecular complexity index is 666. The SMILES string of the molecule is CC(C)C[C@H](NC(=O)[C@H](CCCCCN)N[C@H](C)C(=O)O)C(=O)Nc1ccccc1. The number of hydrogen-bond acceptors (Lipinski definition) is 5. The van der Waals surface area contributed by atoms with Crippen LogP contribution in [0.1, 0.15) is 52.9 Å². The first-order valence-corrected chi connectivity index (χ1v) is 10.6. The lowest BCUT2D eigenvalue weighted by Gasteiger charge is -2.25. The van der Waals surface area contributed by atoms with Crippen molar-refractivity contribution in [1.82, 2.24) is 10.6 Å². The van der Waals surface area contributed by atoms with Crippen LogP contribution >= 0.6 is 0 Å². The predicted octanol–water partition coefficient (Wildman–Crippen LogP) is 2.11. The summed E-state index contributed by atoms with van der Waals surface area (Å²) in [5.41, 5.74) is 6.17. The summed E-state index contributed by atoms with van der Waals surface area (Å²) in [4.78, 5) is 37.0. The van der Waals surface area contributed by atoms with Crippen LogP contribution < -0.4 is 21.7 Å². The molecular formula is C22H36N4O4. The molecule has 30 heavy (non-hydrogen) atoms. The van der Waals surface area contributed by atoms with Crippen LogP contribution in [0.25, 0.3) is 0 Å². The molecule has 0 aliphatic carbocycles. The Morgan fingerprint density at radius 1 is 0.967 bits per heavy atom. The molecule has 0 saturated heterocycles. The van der Waals surface area contributed by atoms with Crippen molar-refractivity contribution in [1.29, 1.82) is 0 Å². The van der Waals surface area contributed by atoms with Gasteiger partial charge in [-0.2, -0.15) is 0 Å². The molecule has 1 rings (SSSR count). The molecule has 168 valence electrons. The van der Waals surface area contributed by atoms with Crippen molar-refractivity contribution >= 4 is 23.5 Å². The highest BCUT2D eigenvalue weighted by Gasteiger charge is 2.28. The quantitative estimate of drug-likeness (QED) is 0.293. The number of carbonyl (C=O) groups is 3. The van der Waals surface area contributed by atoms with Crippen LogP contribution in [0, 0.1) is 5.92 Å². The number of hydrogen-bond donors (Lipinski definition) is 5. The molecule has 3 atom stereocenters. The molecule has 0 heterocycles. The number of rotatable bonds is 14. The van der Waals surface area contributed by atoms with Crippen molar-refractivity contribution in [3.63, 3.8) is 0 Å². The monoisotopic (exact) mass is 420 g/mol. The van der Waals surface area contributed by atoms with Gasteiger partial charge in [0.2, 0.25) is 11.8 Å². The van der Waals surface area contributed by atoms with Gasteiger partial charge in [-0.3, -0.25) is 19.7 Å². The zero-order chi connectivity index (χ0) is 22.5. The van der Waals surface area contributed by atoms with Crippen LogP contribution in [-0.2, 0) is 14.4 Å². The molecule has 2 amide bonds. The first-order chi connectivity index (χ1) is 14.2. The molecule has 0 aromatic heterocycles. The van der Waals surface area contributed by atoms with Crippen LogP contribution in [0.3, 0.4) is 0 Å². The van der Waals surface area contributed by atoms with Crippen LogP contribution in [-0.4, -0.2) is 47.6 Å². The van der Waals surface area contributed by atoms with Crippen molar-refractivity contribution in [2.75, 3.05) is 11.9 Å². The van der Waals surface area contributed by atoms with Gasteiger partial charge in [-0.05, 0) is 50.8 Å². The fourth-order valence-electron chi connectivity index (χ4n) is 3.06. The Kier molecular flexibility index (Phi) is 11.7. The summed E-state index contributed by atoms with van der Waals surface area (Å²) in [6, 6.07) is 6.76. The number of para-hydroxylation sites is 1. The highest BCUT2D eigenvalue weighted by atomic mass is 16.4. The molecule has 0 radical (unpaired) electrons. The topological polar surface area (TPSA) is 134 Å². The number of carboxylic acid groups (broad SMARTS) is 1. The average molecular weight is 421 g/mol. The van der Waals surface area contributed by atoms with Gasteiger partial charge in [0.25, 0.3) is 0 Å². The second-order valence-electron chi connectivity index (χ2n) is 7.96. The number of carbonyl (C=O) groups excluding carboxylic acids is 2. The number of amides is 2. The van der Waals surface area contributed by atoms with Crippen molar-refractivity contribution < 1.29 is 19.5 Å². The minimum Gasteiger partial charge on any atom is -0.480 e. The van der Waals surface area contributed by atoms with Crippen molar-refractivity contribution in [2.24, 2.45) is 11.7 Å². The third-order valence-electron chi connectivity index (χ3n) is 4.72. The Morgan fingerprint density at radius 3 is 2.20 bits per heavy atom. The number of nitrogens with one attached hydrogen (secondary N) is 3. The number of nitrogens with two attached hydrogens (primary N) is 1. The van der Waals surface area contributed by atoms with E-state index in [2.05, 4.69) is 16.0 Å². The summed E-state index contributed by atoms with van der Waals surface area (Å²) < 4.78 is 0. The predicted molar refractivity (Wildman–Crippen MR) is 118 cm³/mol. The summed E-state index contributed by atoms with van der Waals surface area (Å²) in [5.74, 6) is -1.51. The highest BCUT2D eigenvalue weighted by molar-refractivity contribution is 5.97. The minimum absolute atomic E-state index is 0.186. The molecule has 0 unspecified atom stereocenters. The average Bonchev–Trinajstić information content (AvgIpc) is 2.69. The molecule has 0 fully saturated rings. The van der Waals surface area contributed by atoms with E-state index < -0.39 is 24.1 Å². The van der Waals surface area contributed by atoms with Gasteiger partial charge < -0.3 is 21.5 Å². The Morgan fingerprint density at radius 2 is 1.63 bits per heavy atom. The molecule has 0 aliphatic heterocycles. The lowest BCUT2D eigenvalue weighted by Crippen LogP contribution is -2.54. The number of anilines is 1. The Balaban J connectivity index is 2.85.